The Morgan fingerprint density at radius 3 is 2.69 bits per heavy atom. The maximum Gasteiger partial charge on any atom is 0.266 e. The lowest BCUT2D eigenvalue weighted by Gasteiger charge is -2.29. The van der Waals surface area contributed by atoms with E-state index in [-0.39, 0.29) is 0 Å². The van der Waals surface area contributed by atoms with E-state index >= 15 is 0 Å². The van der Waals surface area contributed by atoms with E-state index in [9.17, 15) is 0 Å². The summed E-state index contributed by atoms with van der Waals surface area (Å²) >= 11 is 1.96. The van der Waals surface area contributed by atoms with Gasteiger partial charge in [-0.1, -0.05) is 66.0 Å². The van der Waals surface area contributed by atoms with Gasteiger partial charge in [0.2, 0.25) is 5.52 Å². The topological polar surface area (TPSA) is 7.12 Å². The standard InChI is InChI=1S/C32H35N3S/c1-35(2,3)23-9-20-33-22-19-25(27-12-6-7-14-29(27)33)15-16-26-11-8-21-34-30-18-17-24-10-4-5-13-28(24)31(30)36-32(26)34/h4-7,10,12-19,22H,8-9,11,20-21,23H2,1-3H3/q+2. The number of allylic oxidation sites excluding steroid dienone is 5. The first kappa shape index (κ1) is 23.2. The monoisotopic (exact) mass is 493 g/mol. The first-order valence-corrected chi connectivity index (χ1v) is 13.9. The normalized spacial score (nSPS) is 17.8. The van der Waals surface area contributed by atoms with Crippen molar-refractivity contribution < 1.29 is 9.05 Å². The van der Waals surface area contributed by atoms with E-state index in [1.54, 1.807) is 0 Å². The molecule has 0 fully saturated rings. The Morgan fingerprint density at radius 1 is 0.972 bits per heavy atom. The lowest BCUT2D eigenvalue weighted by molar-refractivity contribution is -0.870. The molecule has 2 aliphatic rings. The second-order valence-electron chi connectivity index (χ2n) is 11.0. The fourth-order valence-corrected chi connectivity index (χ4v) is 6.89. The average molecular weight is 494 g/mol. The van der Waals surface area contributed by atoms with Gasteiger partial charge in [-0.25, -0.2) is 0 Å². The molecule has 36 heavy (non-hydrogen) atoms. The molecular weight excluding hydrogens is 458 g/mol. The van der Waals surface area contributed by atoms with Gasteiger partial charge in [0.05, 0.1) is 27.7 Å². The molecule has 3 heterocycles. The third kappa shape index (κ3) is 4.40. The van der Waals surface area contributed by atoms with Crippen LogP contribution in [0.4, 0.5) is 5.69 Å². The highest BCUT2D eigenvalue weighted by Crippen LogP contribution is 2.37. The molecule has 0 bridgehead atoms. The highest BCUT2D eigenvalue weighted by molar-refractivity contribution is 7.20. The molecule has 182 valence electrons. The Kier molecular flexibility index (Phi) is 6.02. The Hall–Kier alpha value is -3.21. The molecule has 3 nitrogen and oxygen atoms in total. The minimum absolute atomic E-state index is 1.01. The first-order chi connectivity index (χ1) is 17.5. The van der Waals surface area contributed by atoms with Crippen LogP contribution in [0.3, 0.4) is 0 Å². The number of benzene rings is 3. The molecule has 0 atom stereocenters. The Labute approximate surface area is 218 Å². The van der Waals surface area contributed by atoms with E-state index in [1.807, 2.05) is 11.3 Å². The number of hydrogen-bond donors (Lipinski definition) is 0. The summed E-state index contributed by atoms with van der Waals surface area (Å²) in [6.07, 6.45) is 12.8. The van der Waals surface area contributed by atoms with Crippen LogP contribution in [0, 0.1) is 0 Å². The van der Waals surface area contributed by atoms with Gasteiger partial charge >= 0.3 is 0 Å². The predicted molar refractivity (Wildman–Crippen MR) is 155 cm³/mol. The van der Waals surface area contributed by atoms with Crippen molar-refractivity contribution in [1.29, 1.82) is 0 Å². The Bertz CT molecular complexity index is 1530. The summed E-state index contributed by atoms with van der Waals surface area (Å²) in [4.78, 5) is 2.42. The number of rotatable bonds is 5. The predicted octanol–water partition coefficient (Wildman–Crippen LogP) is 7.03. The summed E-state index contributed by atoms with van der Waals surface area (Å²) in [7, 11) is 6.80. The van der Waals surface area contributed by atoms with Gasteiger partial charge in [-0.05, 0) is 35.6 Å². The second kappa shape index (κ2) is 9.34. The van der Waals surface area contributed by atoms with E-state index in [1.165, 1.54) is 67.8 Å². The molecule has 0 saturated carbocycles. The Morgan fingerprint density at radius 2 is 1.81 bits per heavy atom. The molecule has 3 aromatic carbocycles. The van der Waals surface area contributed by atoms with Crippen LogP contribution in [0.1, 0.15) is 29.8 Å². The highest BCUT2D eigenvalue weighted by Gasteiger charge is 2.28. The van der Waals surface area contributed by atoms with Crippen LogP contribution in [0.2, 0.25) is 0 Å². The smallest absolute Gasteiger partial charge is 0.266 e. The van der Waals surface area contributed by atoms with Crippen LogP contribution in [-0.4, -0.2) is 38.7 Å². The second-order valence-corrected chi connectivity index (χ2v) is 12.0. The maximum atomic E-state index is 2.54. The number of aromatic nitrogens is 1. The molecule has 2 aliphatic heterocycles. The van der Waals surface area contributed by atoms with Gasteiger partial charge in [-0.2, -0.15) is 4.57 Å². The number of nitrogens with zero attached hydrogens (tertiary/aromatic N) is 3. The van der Waals surface area contributed by atoms with E-state index in [0.717, 1.165) is 24.0 Å². The van der Waals surface area contributed by atoms with Gasteiger partial charge in [0.1, 0.15) is 4.70 Å². The molecule has 0 amide bonds. The van der Waals surface area contributed by atoms with Crippen molar-refractivity contribution in [2.75, 3.05) is 39.1 Å². The third-order valence-corrected chi connectivity index (χ3v) is 8.66. The molecule has 1 aromatic heterocycles. The summed E-state index contributed by atoms with van der Waals surface area (Å²) in [5, 5.41) is 4.11. The molecule has 0 saturated heterocycles. The van der Waals surface area contributed by atoms with Crippen molar-refractivity contribution in [3.63, 3.8) is 0 Å². The summed E-state index contributed by atoms with van der Waals surface area (Å²) in [5.41, 5.74) is 6.77. The lowest BCUT2D eigenvalue weighted by Crippen LogP contribution is -2.38. The van der Waals surface area contributed by atoms with Crippen LogP contribution < -0.4 is 9.47 Å². The van der Waals surface area contributed by atoms with Crippen molar-refractivity contribution in [2.24, 2.45) is 0 Å². The molecule has 0 aliphatic carbocycles. The van der Waals surface area contributed by atoms with Gasteiger partial charge in [0.15, 0.2) is 6.54 Å². The minimum Gasteiger partial charge on any atom is -0.347 e. The zero-order valence-electron chi connectivity index (χ0n) is 21.6. The van der Waals surface area contributed by atoms with Gasteiger partial charge in [0, 0.05) is 53.9 Å². The summed E-state index contributed by atoms with van der Waals surface area (Å²) < 4.78 is 4.96. The van der Waals surface area contributed by atoms with Gasteiger partial charge in [-0.3, -0.25) is 0 Å². The van der Waals surface area contributed by atoms with Crippen molar-refractivity contribution in [1.82, 2.24) is 0 Å². The first-order valence-electron chi connectivity index (χ1n) is 13.1. The van der Waals surface area contributed by atoms with Crippen LogP contribution in [0.15, 0.2) is 85.1 Å². The van der Waals surface area contributed by atoms with Crippen molar-refractivity contribution >= 4 is 49.2 Å². The van der Waals surface area contributed by atoms with Gasteiger partial charge < -0.3 is 9.38 Å². The molecule has 0 radical (unpaired) electrons. The van der Waals surface area contributed by atoms with Crippen molar-refractivity contribution in [3.05, 3.63) is 95.7 Å². The van der Waals surface area contributed by atoms with E-state index < -0.39 is 0 Å². The van der Waals surface area contributed by atoms with E-state index in [4.69, 9.17) is 0 Å². The average Bonchev–Trinajstić information content (AvgIpc) is 3.27. The Balaban J connectivity index is 1.34. The summed E-state index contributed by atoms with van der Waals surface area (Å²) in [5.74, 6) is 0. The number of thiazole rings is 1. The third-order valence-electron chi connectivity index (χ3n) is 7.35. The number of anilines is 1. The number of quaternary nitrogens is 1. The van der Waals surface area contributed by atoms with E-state index in [0.29, 0.717) is 0 Å². The molecule has 0 N–H and O–H groups in total. The number of para-hydroxylation sites is 1. The summed E-state index contributed by atoms with van der Waals surface area (Å²) in [6, 6.07) is 22.2. The molecular formula is C32H35N3S+2. The zero-order valence-corrected chi connectivity index (χ0v) is 22.4. The fourth-order valence-electron chi connectivity index (χ4n) is 5.52. The molecule has 4 aromatic rings. The molecule has 0 spiro atoms. The van der Waals surface area contributed by atoms with E-state index in [2.05, 4.69) is 116 Å². The zero-order chi connectivity index (χ0) is 24.7. The number of aryl methyl sites for hydroxylation is 1. The molecule has 6 rings (SSSR count). The SMILES string of the molecule is C[N+](C)(C)CCCN1C=C/C(=C/C=C2\CCC[n+]3c2sc2c4ccccc4ccc23)c2ccccc21. The van der Waals surface area contributed by atoms with Crippen LogP contribution in [0.25, 0.3) is 32.1 Å². The summed E-state index contributed by atoms with van der Waals surface area (Å²) in [6.45, 7) is 3.32. The molecule has 0 unspecified atom stereocenters. The number of hydrogen-bond acceptors (Lipinski definition) is 2. The van der Waals surface area contributed by atoms with Gasteiger partial charge in [-0.15, -0.1) is 0 Å². The fraction of sp³-hybridized carbons (Fsp3) is 0.281. The lowest BCUT2D eigenvalue weighted by atomic mass is 9.98. The van der Waals surface area contributed by atoms with Gasteiger partial charge in [0.25, 0.3) is 5.01 Å². The quantitative estimate of drug-likeness (QED) is 0.214. The molecule has 4 heteroatoms. The van der Waals surface area contributed by atoms with Crippen LogP contribution in [-0.2, 0) is 6.54 Å². The maximum absolute atomic E-state index is 2.54. The largest absolute Gasteiger partial charge is 0.347 e. The number of fused-ring (bicyclic) bond motifs is 6. The minimum atomic E-state index is 1.01. The van der Waals surface area contributed by atoms with Crippen molar-refractivity contribution in [3.8, 4) is 0 Å². The van der Waals surface area contributed by atoms with Crippen molar-refractivity contribution in [2.45, 2.75) is 25.8 Å². The van der Waals surface area contributed by atoms with Crippen LogP contribution in [0.5, 0.6) is 0 Å². The van der Waals surface area contributed by atoms with Crippen LogP contribution >= 0.6 is 11.3 Å². The highest BCUT2D eigenvalue weighted by atomic mass is 32.1.